The van der Waals surface area contributed by atoms with E-state index < -0.39 is 11.7 Å². The SMILES string of the molecule is CC(C)(C)OC(=O)N1C[C@H](O)[C@@H](N2CCOCC2)C1. The van der Waals surface area contributed by atoms with Crippen LogP contribution in [0.25, 0.3) is 0 Å². The van der Waals surface area contributed by atoms with E-state index in [-0.39, 0.29) is 12.1 Å². The van der Waals surface area contributed by atoms with Crippen molar-refractivity contribution in [1.82, 2.24) is 9.80 Å². The van der Waals surface area contributed by atoms with Crippen molar-refractivity contribution >= 4 is 6.09 Å². The van der Waals surface area contributed by atoms with Crippen LogP contribution in [0.1, 0.15) is 20.8 Å². The maximum atomic E-state index is 12.0. The number of aliphatic hydroxyl groups excluding tert-OH is 1. The van der Waals surface area contributed by atoms with E-state index in [1.54, 1.807) is 4.90 Å². The van der Waals surface area contributed by atoms with Gasteiger partial charge in [-0.05, 0) is 20.8 Å². The molecule has 0 aromatic carbocycles. The highest BCUT2D eigenvalue weighted by Crippen LogP contribution is 2.20. The highest BCUT2D eigenvalue weighted by molar-refractivity contribution is 5.68. The molecule has 0 aromatic rings. The van der Waals surface area contributed by atoms with Crippen molar-refractivity contribution in [2.45, 2.75) is 38.5 Å². The van der Waals surface area contributed by atoms with Gasteiger partial charge in [-0.15, -0.1) is 0 Å². The molecule has 0 bridgehead atoms. The van der Waals surface area contributed by atoms with Crippen molar-refractivity contribution in [3.8, 4) is 0 Å². The number of ether oxygens (including phenoxy) is 2. The van der Waals surface area contributed by atoms with E-state index in [0.717, 1.165) is 13.1 Å². The minimum atomic E-state index is -0.509. The minimum absolute atomic E-state index is 0.00332. The summed E-state index contributed by atoms with van der Waals surface area (Å²) < 4.78 is 10.6. The summed E-state index contributed by atoms with van der Waals surface area (Å²) >= 11 is 0. The summed E-state index contributed by atoms with van der Waals surface area (Å²) in [4.78, 5) is 15.8. The molecule has 19 heavy (non-hydrogen) atoms. The largest absolute Gasteiger partial charge is 0.444 e. The van der Waals surface area contributed by atoms with Crippen LogP contribution in [0.5, 0.6) is 0 Å². The van der Waals surface area contributed by atoms with Gasteiger partial charge in [-0.3, -0.25) is 4.90 Å². The lowest BCUT2D eigenvalue weighted by molar-refractivity contribution is -0.00635. The van der Waals surface area contributed by atoms with E-state index >= 15 is 0 Å². The molecule has 0 saturated carbocycles. The molecule has 2 fully saturated rings. The van der Waals surface area contributed by atoms with Crippen LogP contribution in [0.2, 0.25) is 0 Å². The maximum absolute atomic E-state index is 12.0. The van der Waals surface area contributed by atoms with Gasteiger partial charge in [0.2, 0.25) is 0 Å². The molecule has 1 N–H and O–H groups in total. The van der Waals surface area contributed by atoms with Crippen LogP contribution in [-0.4, -0.2) is 78.1 Å². The first-order valence-electron chi connectivity index (χ1n) is 6.84. The molecular formula is C13H24N2O4. The Bertz CT molecular complexity index is 323. The number of β-amino-alcohol motifs (C(OH)–C–C–N with tert-alkyl or cyclic N) is 1. The predicted molar refractivity (Wildman–Crippen MR) is 70.0 cm³/mol. The minimum Gasteiger partial charge on any atom is -0.444 e. The molecule has 0 radical (unpaired) electrons. The number of likely N-dealkylation sites (tertiary alicyclic amines) is 1. The smallest absolute Gasteiger partial charge is 0.410 e. The van der Waals surface area contributed by atoms with Crippen LogP contribution >= 0.6 is 0 Å². The van der Waals surface area contributed by atoms with Crippen molar-refractivity contribution < 1.29 is 19.4 Å². The van der Waals surface area contributed by atoms with Crippen molar-refractivity contribution in [3.05, 3.63) is 0 Å². The number of morpholine rings is 1. The number of aliphatic hydroxyl groups is 1. The molecule has 6 heteroatoms. The summed E-state index contributed by atoms with van der Waals surface area (Å²) in [7, 11) is 0. The van der Waals surface area contributed by atoms with E-state index in [1.165, 1.54) is 0 Å². The molecule has 0 aromatic heterocycles. The first-order valence-corrected chi connectivity index (χ1v) is 6.84. The zero-order valence-electron chi connectivity index (χ0n) is 12.0. The lowest BCUT2D eigenvalue weighted by Crippen LogP contribution is -2.49. The molecule has 0 aliphatic carbocycles. The van der Waals surface area contributed by atoms with E-state index in [1.807, 2.05) is 20.8 Å². The second-order valence-electron chi connectivity index (χ2n) is 6.17. The molecule has 0 spiro atoms. The Morgan fingerprint density at radius 3 is 2.47 bits per heavy atom. The molecule has 110 valence electrons. The van der Waals surface area contributed by atoms with Crippen LogP contribution in [0.4, 0.5) is 4.79 Å². The average molecular weight is 272 g/mol. The fourth-order valence-electron chi connectivity index (χ4n) is 2.51. The normalized spacial score (nSPS) is 29.6. The van der Waals surface area contributed by atoms with Crippen LogP contribution < -0.4 is 0 Å². The van der Waals surface area contributed by atoms with Gasteiger partial charge in [0.15, 0.2) is 0 Å². The number of rotatable bonds is 1. The van der Waals surface area contributed by atoms with E-state index in [4.69, 9.17) is 9.47 Å². The van der Waals surface area contributed by atoms with Crippen LogP contribution in [0, 0.1) is 0 Å². The van der Waals surface area contributed by atoms with Crippen molar-refractivity contribution in [2.24, 2.45) is 0 Å². The van der Waals surface area contributed by atoms with Crippen LogP contribution in [-0.2, 0) is 9.47 Å². The molecule has 0 unspecified atom stereocenters. The fraction of sp³-hybridized carbons (Fsp3) is 0.923. The highest BCUT2D eigenvalue weighted by Gasteiger charge is 2.39. The summed E-state index contributed by atoms with van der Waals surface area (Å²) in [5, 5.41) is 10.1. The van der Waals surface area contributed by atoms with Gasteiger partial charge < -0.3 is 19.5 Å². The highest BCUT2D eigenvalue weighted by atomic mass is 16.6. The van der Waals surface area contributed by atoms with Crippen LogP contribution in [0.3, 0.4) is 0 Å². The van der Waals surface area contributed by atoms with Gasteiger partial charge in [-0.2, -0.15) is 0 Å². The molecule has 2 atom stereocenters. The number of nitrogens with zero attached hydrogens (tertiary/aromatic N) is 2. The van der Waals surface area contributed by atoms with E-state index in [9.17, 15) is 9.90 Å². The summed E-state index contributed by atoms with van der Waals surface area (Å²) in [6.45, 7) is 9.40. The Kier molecular flexibility index (Phi) is 4.32. The molecule has 2 saturated heterocycles. The summed E-state index contributed by atoms with van der Waals surface area (Å²) in [5.74, 6) is 0. The maximum Gasteiger partial charge on any atom is 0.410 e. The number of hydrogen-bond donors (Lipinski definition) is 1. The second-order valence-corrected chi connectivity index (χ2v) is 6.17. The topological polar surface area (TPSA) is 62.2 Å². The number of carbonyl (C=O) groups excluding carboxylic acids is 1. The number of hydrogen-bond acceptors (Lipinski definition) is 5. The Morgan fingerprint density at radius 2 is 1.89 bits per heavy atom. The van der Waals surface area contributed by atoms with Gasteiger partial charge in [-0.25, -0.2) is 4.79 Å². The predicted octanol–water partition coefficient (Wildman–Crippen LogP) is 0.299. The number of carbonyl (C=O) groups is 1. The first-order chi connectivity index (χ1) is 8.87. The van der Waals surface area contributed by atoms with Gasteiger partial charge in [0.05, 0.1) is 31.9 Å². The van der Waals surface area contributed by atoms with Gasteiger partial charge in [0.1, 0.15) is 5.60 Å². The Labute approximate surface area is 114 Å². The third kappa shape index (κ3) is 3.81. The van der Waals surface area contributed by atoms with Gasteiger partial charge in [0, 0.05) is 19.6 Å². The van der Waals surface area contributed by atoms with Crippen molar-refractivity contribution in [3.63, 3.8) is 0 Å². The lowest BCUT2D eigenvalue weighted by Gasteiger charge is -2.33. The quantitative estimate of drug-likeness (QED) is 0.744. The van der Waals surface area contributed by atoms with E-state index in [0.29, 0.717) is 26.3 Å². The average Bonchev–Trinajstić information content (AvgIpc) is 2.70. The fourth-order valence-corrected chi connectivity index (χ4v) is 2.51. The van der Waals surface area contributed by atoms with Gasteiger partial charge >= 0.3 is 6.09 Å². The Hall–Kier alpha value is -0.850. The molecule has 2 aliphatic heterocycles. The Balaban J connectivity index is 1.91. The second kappa shape index (κ2) is 5.64. The van der Waals surface area contributed by atoms with E-state index in [2.05, 4.69) is 4.90 Å². The zero-order chi connectivity index (χ0) is 14.0. The lowest BCUT2D eigenvalue weighted by atomic mass is 10.2. The van der Waals surface area contributed by atoms with Crippen molar-refractivity contribution in [2.75, 3.05) is 39.4 Å². The van der Waals surface area contributed by atoms with Crippen LogP contribution in [0.15, 0.2) is 0 Å². The molecule has 6 nitrogen and oxygen atoms in total. The third-order valence-corrected chi connectivity index (χ3v) is 3.43. The monoisotopic (exact) mass is 272 g/mol. The summed E-state index contributed by atoms with van der Waals surface area (Å²) in [5.41, 5.74) is -0.501. The Morgan fingerprint density at radius 1 is 1.26 bits per heavy atom. The zero-order valence-corrected chi connectivity index (χ0v) is 12.0. The summed E-state index contributed by atoms with van der Waals surface area (Å²) in [6, 6.07) is -0.00332. The summed E-state index contributed by atoms with van der Waals surface area (Å²) in [6.07, 6.45) is -0.854. The van der Waals surface area contributed by atoms with Crippen molar-refractivity contribution in [1.29, 1.82) is 0 Å². The number of amides is 1. The molecule has 2 aliphatic rings. The first kappa shape index (κ1) is 14.6. The molecule has 2 rings (SSSR count). The molecule has 1 amide bonds. The van der Waals surface area contributed by atoms with Gasteiger partial charge in [0.25, 0.3) is 0 Å². The third-order valence-electron chi connectivity index (χ3n) is 3.43. The van der Waals surface area contributed by atoms with Gasteiger partial charge in [-0.1, -0.05) is 0 Å². The molecule has 2 heterocycles. The molecular weight excluding hydrogens is 248 g/mol. The standard InChI is InChI=1S/C13H24N2O4/c1-13(2,3)19-12(17)15-8-10(11(16)9-15)14-4-6-18-7-5-14/h10-11,16H,4-9H2,1-3H3/t10-,11-/m0/s1.